The minimum Gasteiger partial charge on any atom is -0.380 e. The van der Waals surface area contributed by atoms with Crippen LogP contribution in [0.4, 0.5) is 5.82 Å². The van der Waals surface area contributed by atoms with E-state index in [0.29, 0.717) is 43.9 Å². The van der Waals surface area contributed by atoms with Gasteiger partial charge in [0, 0.05) is 60.9 Å². The lowest BCUT2D eigenvalue weighted by atomic mass is 10.0. The summed E-state index contributed by atoms with van der Waals surface area (Å²) < 4.78 is 11.1. The molecule has 9 heteroatoms. The summed E-state index contributed by atoms with van der Waals surface area (Å²) >= 11 is 0. The molecule has 4 aromatic rings. The largest absolute Gasteiger partial charge is 0.380 e. The molecule has 0 bridgehead atoms. The van der Waals surface area contributed by atoms with Crippen LogP contribution in [-0.4, -0.2) is 49.3 Å². The summed E-state index contributed by atoms with van der Waals surface area (Å²) in [4.78, 5) is 20.6. The van der Waals surface area contributed by atoms with Gasteiger partial charge in [0.25, 0.3) is 0 Å². The number of amides is 1. The molecule has 39 heavy (non-hydrogen) atoms. The lowest BCUT2D eigenvalue weighted by Crippen LogP contribution is -2.16. The van der Waals surface area contributed by atoms with Gasteiger partial charge in [-0.25, -0.2) is 4.98 Å². The van der Waals surface area contributed by atoms with E-state index in [2.05, 4.69) is 33.8 Å². The van der Waals surface area contributed by atoms with E-state index in [1.807, 2.05) is 18.2 Å². The molecule has 0 atom stereocenters. The first-order valence-electron chi connectivity index (χ1n) is 13.1. The van der Waals surface area contributed by atoms with Crippen molar-refractivity contribution < 1.29 is 14.3 Å². The van der Waals surface area contributed by atoms with Gasteiger partial charge >= 0.3 is 0 Å². The number of nitrogens with zero attached hydrogens (tertiary/aromatic N) is 3. The molecule has 1 amide bonds. The molecule has 0 fully saturated rings. The third-order valence-corrected chi connectivity index (χ3v) is 6.35. The molecule has 2 aromatic heterocycles. The second kappa shape index (κ2) is 14.2. The summed E-state index contributed by atoms with van der Waals surface area (Å²) in [5.74, 6) is 0.242. The summed E-state index contributed by atoms with van der Waals surface area (Å²) in [5.41, 5.74) is 9.83. The number of benzene rings is 2. The number of hydrogen-bond donors (Lipinski definition) is 3. The van der Waals surface area contributed by atoms with E-state index in [9.17, 15) is 4.79 Å². The average Bonchev–Trinajstić information content (AvgIpc) is 2.94. The van der Waals surface area contributed by atoms with Gasteiger partial charge in [-0.2, -0.15) is 5.26 Å². The van der Waals surface area contributed by atoms with Gasteiger partial charge in [-0.15, -0.1) is 0 Å². The van der Waals surface area contributed by atoms with E-state index in [1.54, 1.807) is 31.6 Å². The van der Waals surface area contributed by atoms with E-state index < -0.39 is 5.91 Å². The smallest absolute Gasteiger partial charge is 0.248 e. The van der Waals surface area contributed by atoms with Gasteiger partial charge in [-0.1, -0.05) is 24.3 Å². The number of carbonyl (C=O) groups is 1. The number of pyridine rings is 2. The summed E-state index contributed by atoms with van der Waals surface area (Å²) in [7, 11) is 1.68. The molecule has 0 aliphatic heterocycles. The number of carbonyl (C=O) groups excluding carboxylic acids is 1. The molecule has 202 valence electrons. The van der Waals surface area contributed by atoms with Crippen LogP contribution in [0.2, 0.25) is 0 Å². The van der Waals surface area contributed by atoms with Crippen molar-refractivity contribution in [1.29, 1.82) is 5.26 Å². The Morgan fingerprint density at radius 3 is 2.67 bits per heavy atom. The number of methoxy groups -OCH3 is 1. The number of hydrogen-bond acceptors (Lipinski definition) is 8. The van der Waals surface area contributed by atoms with Gasteiger partial charge in [0.2, 0.25) is 5.91 Å². The normalized spacial score (nSPS) is 11.1. The summed E-state index contributed by atoms with van der Waals surface area (Å²) in [6, 6.07) is 15.6. The Labute approximate surface area is 228 Å². The van der Waals surface area contributed by atoms with Crippen molar-refractivity contribution in [2.75, 3.05) is 38.7 Å². The highest BCUT2D eigenvalue weighted by Gasteiger charge is 2.10. The summed E-state index contributed by atoms with van der Waals surface area (Å²) in [6.45, 7) is 4.01. The number of unbranched alkanes of at least 4 members (excludes halogenated alkanes) is 1. The number of primary amides is 1. The Morgan fingerprint density at radius 2 is 1.85 bits per heavy atom. The maximum absolute atomic E-state index is 11.6. The van der Waals surface area contributed by atoms with E-state index >= 15 is 0 Å². The average molecular weight is 527 g/mol. The van der Waals surface area contributed by atoms with Gasteiger partial charge in [0.05, 0.1) is 31.2 Å². The summed E-state index contributed by atoms with van der Waals surface area (Å²) in [6.07, 6.45) is 5.90. The number of nitrogens with two attached hydrogens (primary N) is 1. The second-order valence-electron chi connectivity index (χ2n) is 9.33. The number of nitriles is 1. The van der Waals surface area contributed by atoms with E-state index in [-0.39, 0.29) is 0 Å². The van der Waals surface area contributed by atoms with Crippen LogP contribution in [0.3, 0.4) is 0 Å². The van der Waals surface area contributed by atoms with Gasteiger partial charge in [0.15, 0.2) is 0 Å². The molecule has 0 saturated heterocycles. The maximum Gasteiger partial charge on any atom is 0.248 e. The fourth-order valence-corrected chi connectivity index (χ4v) is 4.55. The number of rotatable bonds is 15. The first-order chi connectivity index (χ1) is 19.1. The van der Waals surface area contributed by atoms with Crippen molar-refractivity contribution in [3.63, 3.8) is 0 Å². The van der Waals surface area contributed by atoms with Crippen LogP contribution in [0.5, 0.6) is 0 Å². The van der Waals surface area contributed by atoms with E-state index in [4.69, 9.17) is 25.5 Å². The third-order valence-electron chi connectivity index (χ3n) is 6.35. The molecule has 2 aromatic carbocycles. The number of ether oxygens (including phenoxy) is 2. The third kappa shape index (κ3) is 7.71. The topological polar surface area (TPSA) is 135 Å². The zero-order valence-electron chi connectivity index (χ0n) is 22.2. The first-order valence-corrected chi connectivity index (χ1v) is 13.1. The highest BCUT2D eigenvalue weighted by Crippen LogP contribution is 2.29. The fourth-order valence-electron chi connectivity index (χ4n) is 4.55. The Kier molecular flexibility index (Phi) is 10.1. The van der Waals surface area contributed by atoms with Gasteiger partial charge in [-0.05, 0) is 54.3 Å². The van der Waals surface area contributed by atoms with Crippen LogP contribution >= 0.6 is 0 Å². The van der Waals surface area contributed by atoms with Crippen LogP contribution in [0.25, 0.3) is 21.7 Å². The molecule has 0 radical (unpaired) electrons. The molecule has 4 rings (SSSR count). The SMILES string of the molecule is COCc1cc(CC#N)cc(CNCCCCOCCNc2nc3cc(C(N)=O)ccc3c3cnccc23)c1. The van der Waals surface area contributed by atoms with Gasteiger partial charge in [0.1, 0.15) is 5.82 Å². The van der Waals surface area contributed by atoms with Crippen LogP contribution in [0.1, 0.15) is 39.9 Å². The number of nitrogens with one attached hydrogen (secondary N) is 2. The second-order valence-corrected chi connectivity index (χ2v) is 9.33. The van der Waals surface area contributed by atoms with Crippen LogP contribution < -0.4 is 16.4 Å². The van der Waals surface area contributed by atoms with Crippen molar-refractivity contribution in [3.05, 3.63) is 77.1 Å². The zero-order chi connectivity index (χ0) is 27.5. The number of fused-ring (bicyclic) bond motifs is 3. The molecule has 0 saturated carbocycles. The Balaban J connectivity index is 1.19. The van der Waals surface area contributed by atoms with Crippen molar-refractivity contribution in [1.82, 2.24) is 15.3 Å². The Hall–Kier alpha value is -4.10. The minimum absolute atomic E-state index is 0.400. The molecular weight excluding hydrogens is 492 g/mol. The monoisotopic (exact) mass is 526 g/mol. The predicted octanol–water partition coefficient (Wildman–Crippen LogP) is 4.09. The molecule has 2 heterocycles. The quantitative estimate of drug-likeness (QED) is 0.156. The van der Waals surface area contributed by atoms with Crippen molar-refractivity contribution in [3.8, 4) is 6.07 Å². The Morgan fingerprint density at radius 1 is 1.00 bits per heavy atom. The molecule has 4 N–H and O–H groups in total. The highest BCUT2D eigenvalue weighted by atomic mass is 16.5. The minimum atomic E-state index is -0.482. The van der Waals surface area contributed by atoms with E-state index in [0.717, 1.165) is 64.6 Å². The van der Waals surface area contributed by atoms with Crippen LogP contribution in [0.15, 0.2) is 54.9 Å². The predicted molar refractivity (Wildman–Crippen MR) is 152 cm³/mol. The lowest BCUT2D eigenvalue weighted by molar-refractivity contribution is 0.100. The maximum atomic E-state index is 11.6. The molecule has 0 unspecified atom stereocenters. The van der Waals surface area contributed by atoms with Crippen LogP contribution in [0, 0.1) is 11.3 Å². The number of anilines is 1. The van der Waals surface area contributed by atoms with E-state index in [1.165, 1.54) is 0 Å². The molecule has 0 spiro atoms. The van der Waals surface area contributed by atoms with Gasteiger partial charge < -0.3 is 25.8 Å². The molecule has 0 aliphatic rings. The lowest BCUT2D eigenvalue weighted by Gasteiger charge is -2.12. The first kappa shape index (κ1) is 27.9. The fraction of sp³-hybridized carbons (Fsp3) is 0.333. The number of aromatic nitrogens is 2. The zero-order valence-corrected chi connectivity index (χ0v) is 22.2. The molecule has 0 aliphatic carbocycles. The van der Waals surface area contributed by atoms with Crippen molar-refractivity contribution in [2.24, 2.45) is 5.73 Å². The van der Waals surface area contributed by atoms with Crippen molar-refractivity contribution in [2.45, 2.75) is 32.4 Å². The highest BCUT2D eigenvalue weighted by molar-refractivity contribution is 6.11. The van der Waals surface area contributed by atoms with Crippen LogP contribution in [-0.2, 0) is 29.0 Å². The molecular formula is C30H34N6O3. The van der Waals surface area contributed by atoms with Gasteiger partial charge in [-0.3, -0.25) is 9.78 Å². The standard InChI is InChI=1S/C30H34N6O3/c1-38-20-23-15-21(6-8-31)14-22(16-23)18-33-9-2-3-12-39-13-11-35-30-26-7-10-34-19-27(26)25-5-4-24(29(32)37)17-28(25)36-30/h4-5,7,10,14-17,19,33H,2-3,6,9,11-13,18,20H2,1H3,(H2,32,37)(H,35,36). The van der Waals surface area contributed by atoms with Crippen molar-refractivity contribution >= 4 is 33.4 Å². The molecule has 9 nitrogen and oxygen atoms in total. The summed E-state index contributed by atoms with van der Waals surface area (Å²) in [5, 5.41) is 18.7. The Bertz CT molecular complexity index is 1470.